The minimum atomic E-state index is 0.296. The van der Waals surface area contributed by atoms with Crippen molar-refractivity contribution in [2.75, 3.05) is 19.0 Å². The molecule has 1 aromatic heterocycles. The van der Waals surface area contributed by atoms with E-state index < -0.39 is 0 Å². The van der Waals surface area contributed by atoms with Gasteiger partial charge in [-0.3, -0.25) is 0 Å². The van der Waals surface area contributed by atoms with Gasteiger partial charge in [-0.2, -0.15) is 0 Å². The van der Waals surface area contributed by atoms with Gasteiger partial charge in [-0.05, 0) is 25.7 Å². The number of anilines is 1. The van der Waals surface area contributed by atoms with Crippen LogP contribution in [0.1, 0.15) is 32.6 Å². The molecule has 0 saturated heterocycles. The van der Waals surface area contributed by atoms with Gasteiger partial charge in [-0.1, -0.05) is 12.8 Å². The average molecular weight is 237 g/mol. The molecule has 1 aromatic rings. The first-order chi connectivity index (χ1) is 8.29. The molecule has 0 amide bonds. The minimum Gasteiger partial charge on any atom is -0.383 e. The van der Waals surface area contributed by atoms with Crippen LogP contribution in [0.4, 0.5) is 5.95 Å². The number of hydrogen-bond donors (Lipinski definition) is 1. The van der Waals surface area contributed by atoms with Crippen LogP contribution in [0.25, 0.3) is 0 Å². The summed E-state index contributed by atoms with van der Waals surface area (Å²) in [7, 11) is 1.72. The van der Waals surface area contributed by atoms with E-state index in [0.717, 1.165) is 18.4 Å². The molecule has 0 spiro atoms. The lowest BCUT2D eigenvalue weighted by Crippen LogP contribution is -2.23. The molecule has 1 aliphatic rings. The second-order valence-electron chi connectivity index (χ2n) is 5.03. The number of hydrogen-bond acceptors (Lipinski definition) is 3. The van der Waals surface area contributed by atoms with Gasteiger partial charge in [0.2, 0.25) is 5.95 Å². The van der Waals surface area contributed by atoms with Gasteiger partial charge in [0.15, 0.2) is 0 Å². The smallest absolute Gasteiger partial charge is 0.203 e. The number of rotatable bonds is 8. The number of imidazole rings is 1. The predicted octanol–water partition coefficient (Wildman–Crippen LogP) is 2.52. The Morgan fingerprint density at radius 1 is 1.59 bits per heavy atom. The summed E-state index contributed by atoms with van der Waals surface area (Å²) in [6.07, 6.45) is 9.42. The molecule has 1 saturated carbocycles. The van der Waals surface area contributed by atoms with E-state index in [2.05, 4.69) is 28.0 Å². The van der Waals surface area contributed by atoms with Crippen molar-refractivity contribution in [2.24, 2.45) is 5.92 Å². The van der Waals surface area contributed by atoms with Crippen LogP contribution in [-0.4, -0.2) is 29.3 Å². The van der Waals surface area contributed by atoms with Crippen molar-refractivity contribution >= 4 is 5.95 Å². The Bertz CT molecular complexity index is 333. The maximum atomic E-state index is 5.11. The van der Waals surface area contributed by atoms with E-state index in [1.165, 1.54) is 25.7 Å². The molecule has 1 unspecified atom stereocenters. The van der Waals surface area contributed by atoms with Crippen LogP contribution >= 0.6 is 0 Å². The third-order valence-corrected chi connectivity index (χ3v) is 3.22. The molecule has 0 bridgehead atoms. The van der Waals surface area contributed by atoms with Gasteiger partial charge in [0, 0.05) is 32.1 Å². The monoisotopic (exact) mass is 237 g/mol. The van der Waals surface area contributed by atoms with Gasteiger partial charge in [0.1, 0.15) is 0 Å². The van der Waals surface area contributed by atoms with E-state index in [-0.39, 0.29) is 0 Å². The Balaban J connectivity index is 1.77. The van der Waals surface area contributed by atoms with Crippen molar-refractivity contribution in [1.82, 2.24) is 9.55 Å². The van der Waals surface area contributed by atoms with Gasteiger partial charge in [0.05, 0.1) is 6.61 Å². The quantitative estimate of drug-likeness (QED) is 0.755. The molecule has 1 atom stereocenters. The summed E-state index contributed by atoms with van der Waals surface area (Å²) in [5, 5.41) is 3.37. The highest BCUT2D eigenvalue weighted by atomic mass is 16.5. The van der Waals surface area contributed by atoms with Crippen LogP contribution < -0.4 is 5.32 Å². The molecule has 0 aliphatic heterocycles. The predicted molar refractivity (Wildman–Crippen MR) is 69.1 cm³/mol. The van der Waals surface area contributed by atoms with Crippen LogP contribution in [-0.2, 0) is 11.3 Å². The van der Waals surface area contributed by atoms with Gasteiger partial charge >= 0.3 is 0 Å². The molecule has 96 valence electrons. The van der Waals surface area contributed by atoms with E-state index in [1.54, 1.807) is 7.11 Å². The van der Waals surface area contributed by atoms with Crippen LogP contribution in [0.2, 0.25) is 0 Å². The molecule has 4 nitrogen and oxygen atoms in total. The third-order valence-electron chi connectivity index (χ3n) is 3.22. The molecule has 0 radical (unpaired) electrons. The van der Waals surface area contributed by atoms with Crippen molar-refractivity contribution in [3.8, 4) is 0 Å². The molecular formula is C13H23N3O. The second kappa shape index (κ2) is 6.05. The molecule has 1 fully saturated rings. The van der Waals surface area contributed by atoms with Crippen molar-refractivity contribution in [1.29, 1.82) is 0 Å². The summed E-state index contributed by atoms with van der Waals surface area (Å²) in [5.74, 6) is 1.98. The van der Waals surface area contributed by atoms with Gasteiger partial charge in [0.25, 0.3) is 0 Å². The highest BCUT2D eigenvalue weighted by Gasteiger charge is 2.20. The maximum Gasteiger partial charge on any atom is 0.203 e. The second-order valence-corrected chi connectivity index (χ2v) is 5.03. The van der Waals surface area contributed by atoms with Gasteiger partial charge < -0.3 is 14.6 Å². The molecular weight excluding hydrogens is 214 g/mol. The van der Waals surface area contributed by atoms with E-state index in [4.69, 9.17) is 4.74 Å². The highest BCUT2D eigenvalue weighted by Crippen LogP contribution is 2.33. The first kappa shape index (κ1) is 12.4. The topological polar surface area (TPSA) is 39.1 Å². The molecule has 0 aromatic carbocycles. The van der Waals surface area contributed by atoms with Crippen molar-refractivity contribution in [3.05, 3.63) is 12.4 Å². The van der Waals surface area contributed by atoms with E-state index in [1.807, 2.05) is 6.20 Å². The molecule has 4 heteroatoms. The zero-order chi connectivity index (χ0) is 12.1. The molecule has 1 N–H and O–H groups in total. The Kier molecular flexibility index (Phi) is 4.42. The first-order valence-electron chi connectivity index (χ1n) is 6.56. The SMILES string of the molecule is COCC(C)Nc1nccn1CCCC1CC1. The summed E-state index contributed by atoms with van der Waals surface area (Å²) < 4.78 is 7.32. The van der Waals surface area contributed by atoms with E-state index >= 15 is 0 Å². The summed E-state index contributed by atoms with van der Waals surface area (Å²) in [6.45, 7) is 3.88. The van der Waals surface area contributed by atoms with E-state index in [0.29, 0.717) is 12.6 Å². The van der Waals surface area contributed by atoms with Crippen LogP contribution in [0.5, 0.6) is 0 Å². The standard InChI is InChI=1S/C13H23N3O/c1-11(10-17-2)15-13-14-7-9-16(13)8-3-4-12-5-6-12/h7,9,11-12H,3-6,8,10H2,1-2H3,(H,14,15). The Morgan fingerprint density at radius 3 is 3.12 bits per heavy atom. The van der Waals surface area contributed by atoms with Crippen molar-refractivity contribution in [2.45, 2.75) is 45.2 Å². The number of ether oxygens (including phenoxy) is 1. The fourth-order valence-electron chi connectivity index (χ4n) is 2.10. The lowest BCUT2D eigenvalue weighted by molar-refractivity contribution is 0.190. The van der Waals surface area contributed by atoms with Gasteiger partial charge in [-0.25, -0.2) is 4.98 Å². The number of aryl methyl sites for hydroxylation is 1. The Hall–Kier alpha value is -1.03. The van der Waals surface area contributed by atoms with Crippen LogP contribution in [0.15, 0.2) is 12.4 Å². The summed E-state index contributed by atoms with van der Waals surface area (Å²) in [4.78, 5) is 4.35. The maximum absolute atomic E-state index is 5.11. The zero-order valence-corrected chi connectivity index (χ0v) is 10.9. The Morgan fingerprint density at radius 2 is 2.41 bits per heavy atom. The highest BCUT2D eigenvalue weighted by molar-refractivity contribution is 5.27. The van der Waals surface area contributed by atoms with Crippen LogP contribution in [0, 0.1) is 5.92 Å². The third kappa shape index (κ3) is 4.04. The van der Waals surface area contributed by atoms with Crippen molar-refractivity contribution < 1.29 is 4.74 Å². The number of nitrogens with one attached hydrogen (secondary N) is 1. The Labute approximate surface area is 103 Å². The normalized spacial score (nSPS) is 17.1. The summed E-state index contributed by atoms with van der Waals surface area (Å²) in [5.41, 5.74) is 0. The molecule has 1 heterocycles. The zero-order valence-electron chi connectivity index (χ0n) is 10.9. The van der Waals surface area contributed by atoms with E-state index in [9.17, 15) is 0 Å². The molecule has 2 rings (SSSR count). The lowest BCUT2D eigenvalue weighted by Gasteiger charge is -2.15. The molecule has 1 aliphatic carbocycles. The molecule has 17 heavy (non-hydrogen) atoms. The summed E-state index contributed by atoms with van der Waals surface area (Å²) in [6, 6.07) is 0.296. The number of aromatic nitrogens is 2. The lowest BCUT2D eigenvalue weighted by atomic mass is 10.2. The van der Waals surface area contributed by atoms with Gasteiger partial charge in [-0.15, -0.1) is 0 Å². The summed E-state index contributed by atoms with van der Waals surface area (Å²) >= 11 is 0. The van der Waals surface area contributed by atoms with Crippen molar-refractivity contribution in [3.63, 3.8) is 0 Å². The number of methoxy groups -OCH3 is 1. The largest absolute Gasteiger partial charge is 0.383 e. The minimum absolute atomic E-state index is 0.296. The number of nitrogens with zero attached hydrogens (tertiary/aromatic N) is 2. The van der Waals surface area contributed by atoms with Crippen LogP contribution in [0.3, 0.4) is 0 Å². The first-order valence-corrected chi connectivity index (χ1v) is 6.56. The fourth-order valence-corrected chi connectivity index (χ4v) is 2.10. The fraction of sp³-hybridized carbons (Fsp3) is 0.769. The average Bonchev–Trinajstić information content (AvgIpc) is 3.01.